The van der Waals surface area contributed by atoms with E-state index < -0.39 is 53.8 Å². The van der Waals surface area contributed by atoms with Gasteiger partial charge in [0.2, 0.25) is 17.7 Å². The molecule has 49 heavy (non-hydrogen) atoms. The number of hydrogen-bond acceptors (Lipinski definition) is 7. The van der Waals surface area contributed by atoms with Crippen molar-refractivity contribution in [3.05, 3.63) is 59.1 Å². The number of urea groups is 1. The monoisotopic (exact) mass is 702 g/mol. The van der Waals surface area contributed by atoms with E-state index in [1.807, 2.05) is 34.6 Å². The molecule has 0 spiro atoms. The lowest BCUT2D eigenvalue weighted by Gasteiger charge is -2.23. The van der Waals surface area contributed by atoms with Gasteiger partial charge in [0.1, 0.15) is 18.1 Å². The second kappa shape index (κ2) is 19.3. The third-order valence-corrected chi connectivity index (χ3v) is 7.19. The Labute approximate surface area is 291 Å². The molecule has 3 atom stereocenters. The number of carbonyl (C=O) groups excluding carboxylic acids is 4. The molecule has 0 aliphatic carbocycles. The molecule has 8 N–H and O–H groups in total. The van der Waals surface area contributed by atoms with Gasteiger partial charge in [-0.3, -0.25) is 14.4 Å². The number of carboxylic acids is 2. The molecule has 14 nitrogen and oxygen atoms in total. The van der Waals surface area contributed by atoms with Gasteiger partial charge < -0.3 is 42.1 Å². The van der Waals surface area contributed by atoms with Crippen molar-refractivity contribution in [3.8, 4) is 0 Å². The van der Waals surface area contributed by atoms with Gasteiger partial charge in [0.25, 0.3) is 0 Å². The van der Waals surface area contributed by atoms with Gasteiger partial charge in [-0.1, -0.05) is 58.4 Å². The minimum absolute atomic E-state index is 0.00875. The van der Waals surface area contributed by atoms with Crippen LogP contribution in [0.15, 0.2) is 48.5 Å². The molecule has 0 radical (unpaired) electrons. The normalized spacial score (nSPS) is 13.0. The van der Waals surface area contributed by atoms with Crippen LogP contribution < -0.4 is 31.9 Å². The molecule has 2 aromatic rings. The van der Waals surface area contributed by atoms with Crippen LogP contribution in [0.4, 0.5) is 16.2 Å². The third kappa shape index (κ3) is 16.3. The summed E-state index contributed by atoms with van der Waals surface area (Å²) in [7, 11) is 0. The Kier molecular flexibility index (Phi) is 16.0. The number of rotatable bonds is 18. The molecular formula is C34H47ClN6O8. The predicted molar refractivity (Wildman–Crippen MR) is 186 cm³/mol. The quantitative estimate of drug-likeness (QED) is 0.106. The van der Waals surface area contributed by atoms with Gasteiger partial charge in [-0.25, -0.2) is 14.4 Å². The molecule has 5 amide bonds. The topological polar surface area (TPSA) is 215 Å². The summed E-state index contributed by atoms with van der Waals surface area (Å²) in [6.45, 7) is 9.12. The molecule has 3 unspecified atom stereocenters. The lowest BCUT2D eigenvalue weighted by atomic mass is 9.92. The van der Waals surface area contributed by atoms with Crippen LogP contribution in [0, 0.1) is 11.3 Å². The van der Waals surface area contributed by atoms with E-state index in [2.05, 4.69) is 31.9 Å². The molecule has 0 bridgehead atoms. The molecule has 15 heteroatoms. The van der Waals surface area contributed by atoms with Crippen molar-refractivity contribution in [2.75, 3.05) is 23.7 Å². The molecule has 0 saturated carbocycles. The SMILES string of the molecule is CC(C)CC(NC(=O)Cc1ccc(NC(=O)Nc2ccc(Cl)cc2)cc1)C(=O)NC(CNCCC(NC(=O)CC(C)(C)C)C(=O)O)C(=O)O. The molecule has 0 saturated heterocycles. The average molecular weight is 703 g/mol. The summed E-state index contributed by atoms with van der Waals surface area (Å²) in [4.78, 5) is 74.1. The second-order valence-electron chi connectivity index (χ2n) is 13.3. The van der Waals surface area contributed by atoms with Gasteiger partial charge >= 0.3 is 18.0 Å². The van der Waals surface area contributed by atoms with Gasteiger partial charge in [0.15, 0.2) is 0 Å². The van der Waals surface area contributed by atoms with E-state index in [0.29, 0.717) is 22.0 Å². The zero-order valence-electron chi connectivity index (χ0n) is 28.4. The Bertz CT molecular complexity index is 1440. The number of nitrogens with one attached hydrogen (secondary N) is 6. The first-order valence-corrected chi connectivity index (χ1v) is 16.3. The van der Waals surface area contributed by atoms with Crippen molar-refractivity contribution in [3.63, 3.8) is 0 Å². The molecular weight excluding hydrogens is 656 g/mol. The van der Waals surface area contributed by atoms with Crippen molar-refractivity contribution in [1.82, 2.24) is 21.3 Å². The highest BCUT2D eigenvalue weighted by Crippen LogP contribution is 2.18. The molecule has 268 valence electrons. The number of aliphatic carboxylic acids is 2. The van der Waals surface area contributed by atoms with Crippen molar-refractivity contribution < 1.29 is 39.0 Å². The maximum absolute atomic E-state index is 13.1. The number of benzene rings is 2. The van der Waals surface area contributed by atoms with Crippen LogP contribution in [-0.2, 0) is 30.4 Å². The standard InChI is InChI=1S/C34H47ClN6O8/c1-20(2)16-26(30(44)41-27(32(47)48)19-36-15-14-25(31(45)46)39-29(43)18-34(3,4)5)40-28(42)17-21-6-10-23(11-7-21)37-33(49)38-24-12-8-22(35)9-13-24/h6-13,20,25-27,36H,14-19H2,1-5H3,(H,39,43)(H,40,42)(H,41,44)(H,45,46)(H,47,48)(H2,37,38,49). The van der Waals surface area contributed by atoms with Gasteiger partial charge in [-0.05, 0) is 72.7 Å². The highest BCUT2D eigenvalue weighted by molar-refractivity contribution is 6.30. The summed E-state index contributed by atoms with van der Waals surface area (Å²) >= 11 is 5.86. The summed E-state index contributed by atoms with van der Waals surface area (Å²) in [5, 5.41) is 35.6. The molecule has 2 aromatic carbocycles. The van der Waals surface area contributed by atoms with Gasteiger partial charge in [-0.2, -0.15) is 0 Å². The first kappa shape index (κ1) is 40.5. The Morgan fingerprint density at radius 2 is 1.27 bits per heavy atom. The number of carbonyl (C=O) groups is 6. The van der Waals surface area contributed by atoms with Gasteiger partial charge in [0.05, 0.1) is 6.42 Å². The van der Waals surface area contributed by atoms with Crippen molar-refractivity contribution in [2.45, 2.75) is 78.4 Å². The van der Waals surface area contributed by atoms with E-state index in [9.17, 15) is 39.0 Å². The molecule has 0 aromatic heterocycles. The number of anilines is 2. The highest BCUT2D eigenvalue weighted by Gasteiger charge is 2.28. The lowest BCUT2D eigenvalue weighted by molar-refractivity contribution is -0.143. The van der Waals surface area contributed by atoms with E-state index >= 15 is 0 Å². The fourth-order valence-electron chi connectivity index (χ4n) is 4.62. The zero-order chi connectivity index (χ0) is 36.7. The molecule has 0 fully saturated rings. The van der Waals surface area contributed by atoms with Crippen LogP contribution >= 0.6 is 11.6 Å². The molecule has 2 rings (SSSR count). The summed E-state index contributed by atoms with van der Waals surface area (Å²) in [5.41, 5.74) is 1.34. The zero-order valence-corrected chi connectivity index (χ0v) is 29.1. The predicted octanol–water partition coefficient (Wildman–Crippen LogP) is 3.61. The maximum Gasteiger partial charge on any atom is 0.327 e. The maximum atomic E-state index is 13.1. The Morgan fingerprint density at radius 3 is 1.78 bits per heavy atom. The van der Waals surface area contributed by atoms with Crippen LogP contribution in [-0.4, -0.2) is 77.1 Å². The summed E-state index contributed by atoms with van der Waals surface area (Å²) in [5.74, 6) is -4.09. The fourth-order valence-corrected chi connectivity index (χ4v) is 4.74. The van der Waals surface area contributed by atoms with Gasteiger partial charge in [-0.15, -0.1) is 0 Å². The first-order chi connectivity index (χ1) is 22.9. The number of carboxylic acid groups (broad SMARTS) is 2. The van der Waals surface area contributed by atoms with E-state index in [1.54, 1.807) is 48.5 Å². The molecule has 0 heterocycles. The Morgan fingerprint density at radius 1 is 0.735 bits per heavy atom. The minimum atomic E-state index is -1.37. The van der Waals surface area contributed by atoms with Crippen LogP contribution in [0.1, 0.15) is 59.4 Å². The third-order valence-electron chi connectivity index (χ3n) is 6.93. The lowest BCUT2D eigenvalue weighted by Crippen LogP contribution is -2.55. The van der Waals surface area contributed by atoms with E-state index in [0.717, 1.165) is 0 Å². The van der Waals surface area contributed by atoms with Gasteiger partial charge in [0, 0.05) is 29.4 Å². The fraction of sp³-hybridized carbons (Fsp3) is 0.471. The summed E-state index contributed by atoms with van der Waals surface area (Å²) < 4.78 is 0. The highest BCUT2D eigenvalue weighted by atomic mass is 35.5. The first-order valence-electron chi connectivity index (χ1n) is 15.9. The van der Waals surface area contributed by atoms with Crippen molar-refractivity contribution in [1.29, 1.82) is 0 Å². The van der Waals surface area contributed by atoms with Crippen LogP contribution in [0.2, 0.25) is 5.02 Å². The number of hydrogen-bond donors (Lipinski definition) is 8. The smallest absolute Gasteiger partial charge is 0.327 e. The second-order valence-corrected chi connectivity index (χ2v) is 13.7. The van der Waals surface area contributed by atoms with E-state index in [-0.39, 0.29) is 50.1 Å². The average Bonchev–Trinajstić information content (AvgIpc) is 2.98. The van der Waals surface area contributed by atoms with E-state index in [1.165, 1.54) is 0 Å². The molecule has 0 aliphatic rings. The van der Waals surface area contributed by atoms with Crippen LogP contribution in [0.5, 0.6) is 0 Å². The Hall–Kier alpha value is -4.69. The summed E-state index contributed by atoms with van der Waals surface area (Å²) in [6, 6.07) is 9.18. The molecule has 0 aliphatic heterocycles. The largest absolute Gasteiger partial charge is 0.480 e. The number of halogens is 1. The number of amides is 5. The minimum Gasteiger partial charge on any atom is -0.480 e. The van der Waals surface area contributed by atoms with Crippen molar-refractivity contribution in [2.24, 2.45) is 11.3 Å². The van der Waals surface area contributed by atoms with E-state index in [4.69, 9.17) is 11.6 Å². The van der Waals surface area contributed by atoms with Crippen LogP contribution in [0.25, 0.3) is 0 Å². The van der Waals surface area contributed by atoms with Crippen molar-refractivity contribution >= 4 is 58.7 Å². The van der Waals surface area contributed by atoms with Crippen LogP contribution in [0.3, 0.4) is 0 Å². The summed E-state index contributed by atoms with van der Waals surface area (Å²) in [6.07, 6.45) is 0.310. The Balaban J connectivity index is 1.91.